The Morgan fingerprint density at radius 2 is 2.19 bits per heavy atom. The second-order valence-electron chi connectivity index (χ2n) is 4.85. The van der Waals surface area contributed by atoms with Gasteiger partial charge in [-0.2, -0.15) is 0 Å². The molecule has 1 aromatic rings. The van der Waals surface area contributed by atoms with Gasteiger partial charge in [0.25, 0.3) is 5.91 Å². The Labute approximate surface area is 97.1 Å². The molecule has 2 nitrogen and oxygen atoms in total. The average Bonchev–Trinajstić information content (AvgIpc) is 2.28. The fourth-order valence-corrected chi connectivity index (χ4v) is 2.17. The van der Waals surface area contributed by atoms with Gasteiger partial charge in [-0.25, -0.2) is 0 Å². The van der Waals surface area contributed by atoms with Crippen LogP contribution in [0.1, 0.15) is 54.6 Å². The Kier molecular flexibility index (Phi) is 2.99. The Hall–Kier alpha value is -1.31. The summed E-state index contributed by atoms with van der Waals surface area (Å²) >= 11 is 0. The maximum atomic E-state index is 11.9. The van der Waals surface area contributed by atoms with Gasteiger partial charge in [0.05, 0.1) is 0 Å². The smallest absolute Gasteiger partial charge is 0.251 e. The SMILES string of the molecule is CCC1Cc2ccc(C(C)C)cc2C(=O)N1. The van der Waals surface area contributed by atoms with Crippen molar-refractivity contribution in [3.05, 3.63) is 34.9 Å². The summed E-state index contributed by atoms with van der Waals surface area (Å²) in [6.07, 6.45) is 1.97. The largest absolute Gasteiger partial charge is 0.349 e. The summed E-state index contributed by atoms with van der Waals surface area (Å²) in [6, 6.07) is 6.62. The quantitative estimate of drug-likeness (QED) is 0.811. The molecule has 1 unspecified atom stereocenters. The first kappa shape index (κ1) is 11.2. The molecule has 0 aliphatic carbocycles. The zero-order chi connectivity index (χ0) is 11.7. The van der Waals surface area contributed by atoms with Gasteiger partial charge < -0.3 is 5.32 Å². The lowest BCUT2D eigenvalue weighted by atomic mass is 9.90. The minimum absolute atomic E-state index is 0.0931. The number of carbonyl (C=O) groups excluding carboxylic acids is 1. The van der Waals surface area contributed by atoms with Crippen LogP contribution >= 0.6 is 0 Å². The second kappa shape index (κ2) is 4.28. The molecule has 1 heterocycles. The number of benzene rings is 1. The molecule has 0 saturated heterocycles. The van der Waals surface area contributed by atoms with Crippen molar-refractivity contribution in [3.8, 4) is 0 Å². The second-order valence-corrected chi connectivity index (χ2v) is 4.85. The van der Waals surface area contributed by atoms with Crippen molar-refractivity contribution in [3.63, 3.8) is 0 Å². The minimum Gasteiger partial charge on any atom is -0.349 e. The van der Waals surface area contributed by atoms with E-state index in [0.29, 0.717) is 12.0 Å². The molecule has 0 bridgehead atoms. The van der Waals surface area contributed by atoms with E-state index in [1.165, 1.54) is 11.1 Å². The van der Waals surface area contributed by atoms with Crippen LogP contribution in [0.5, 0.6) is 0 Å². The van der Waals surface area contributed by atoms with Crippen molar-refractivity contribution in [1.82, 2.24) is 5.32 Å². The predicted octanol–water partition coefficient (Wildman–Crippen LogP) is 2.87. The van der Waals surface area contributed by atoms with Crippen LogP contribution in [-0.4, -0.2) is 11.9 Å². The van der Waals surface area contributed by atoms with Gasteiger partial charge in [-0.05, 0) is 36.0 Å². The highest BCUT2D eigenvalue weighted by Gasteiger charge is 2.23. The molecule has 0 aromatic heterocycles. The summed E-state index contributed by atoms with van der Waals surface area (Å²) in [5, 5.41) is 3.05. The zero-order valence-electron chi connectivity index (χ0n) is 10.2. The highest BCUT2D eigenvalue weighted by molar-refractivity contribution is 5.97. The number of rotatable bonds is 2. The number of carbonyl (C=O) groups is 1. The third kappa shape index (κ3) is 1.97. The molecular formula is C14H19NO. The summed E-state index contributed by atoms with van der Waals surface area (Å²) in [4.78, 5) is 11.9. The Morgan fingerprint density at radius 3 is 2.81 bits per heavy atom. The number of hydrogen-bond acceptors (Lipinski definition) is 1. The van der Waals surface area contributed by atoms with Crippen molar-refractivity contribution in [2.45, 2.75) is 45.6 Å². The Bertz CT molecular complexity index is 409. The maximum Gasteiger partial charge on any atom is 0.251 e. The molecule has 1 aliphatic rings. The van der Waals surface area contributed by atoms with Crippen molar-refractivity contribution < 1.29 is 4.79 Å². The third-order valence-corrected chi connectivity index (χ3v) is 3.34. The minimum atomic E-state index is 0.0931. The zero-order valence-corrected chi connectivity index (χ0v) is 10.2. The molecule has 1 aliphatic heterocycles. The summed E-state index contributed by atoms with van der Waals surface area (Å²) in [7, 11) is 0. The normalized spacial score (nSPS) is 19.5. The van der Waals surface area contributed by atoms with E-state index < -0.39 is 0 Å². The van der Waals surface area contributed by atoms with Crippen molar-refractivity contribution in [2.75, 3.05) is 0 Å². The summed E-state index contributed by atoms with van der Waals surface area (Å²) < 4.78 is 0. The molecule has 2 rings (SSSR count). The summed E-state index contributed by atoms with van der Waals surface area (Å²) in [5.41, 5.74) is 3.31. The lowest BCUT2D eigenvalue weighted by molar-refractivity contribution is 0.0924. The van der Waals surface area contributed by atoms with E-state index in [0.717, 1.165) is 18.4 Å². The van der Waals surface area contributed by atoms with E-state index in [4.69, 9.17) is 0 Å². The molecule has 0 fully saturated rings. The molecular weight excluding hydrogens is 198 g/mol. The first-order valence-corrected chi connectivity index (χ1v) is 6.05. The van der Waals surface area contributed by atoms with E-state index in [1.807, 2.05) is 6.07 Å². The third-order valence-electron chi connectivity index (χ3n) is 3.34. The molecule has 16 heavy (non-hydrogen) atoms. The average molecular weight is 217 g/mol. The Morgan fingerprint density at radius 1 is 1.44 bits per heavy atom. The fourth-order valence-electron chi connectivity index (χ4n) is 2.17. The van der Waals surface area contributed by atoms with Gasteiger partial charge in [0, 0.05) is 11.6 Å². The lowest BCUT2D eigenvalue weighted by Crippen LogP contribution is -2.40. The highest BCUT2D eigenvalue weighted by atomic mass is 16.1. The standard InChI is InChI=1S/C14H19NO/c1-4-12-7-11-6-5-10(9(2)3)8-13(11)14(16)15-12/h5-6,8-9,12H,4,7H2,1-3H3,(H,15,16). The number of fused-ring (bicyclic) bond motifs is 1. The van der Waals surface area contributed by atoms with Crippen LogP contribution in [0.3, 0.4) is 0 Å². The molecule has 2 heteroatoms. The van der Waals surface area contributed by atoms with Gasteiger partial charge in [-0.15, -0.1) is 0 Å². The first-order chi connectivity index (χ1) is 7.61. The fraction of sp³-hybridized carbons (Fsp3) is 0.500. The van der Waals surface area contributed by atoms with Crippen LogP contribution in [0.25, 0.3) is 0 Å². The first-order valence-electron chi connectivity index (χ1n) is 6.05. The van der Waals surface area contributed by atoms with Gasteiger partial charge in [0.2, 0.25) is 0 Å². The van der Waals surface area contributed by atoms with Crippen molar-refractivity contribution >= 4 is 5.91 Å². The lowest BCUT2D eigenvalue weighted by Gasteiger charge is -2.25. The van der Waals surface area contributed by atoms with Crippen molar-refractivity contribution in [2.24, 2.45) is 0 Å². The monoisotopic (exact) mass is 217 g/mol. The summed E-state index contributed by atoms with van der Waals surface area (Å²) in [5.74, 6) is 0.567. The molecule has 0 saturated carbocycles. The summed E-state index contributed by atoms with van der Waals surface area (Å²) in [6.45, 7) is 6.41. The van der Waals surface area contributed by atoms with Crippen LogP contribution < -0.4 is 5.32 Å². The van der Waals surface area contributed by atoms with Gasteiger partial charge in [0.15, 0.2) is 0 Å². The number of hydrogen-bond donors (Lipinski definition) is 1. The molecule has 86 valence electrons. The molecule has 0 spiro atoms. The molecule has 1 amide bonds. The molecule has 0 radical (unpaired) electrons. The van der Waals surface area contributed by atoms with Gasteiger partial charge >= 0.3 is 0 Å². The van der Waals surface area contributed by atoms with Crippen LogP contribution in [0.15, 0.2) is 18.2 Å². The van der Waals surface area contributed by atoms with Crippen LogP contribution in [0.4, 0.5) is 0 Å². The van der Waals surface area contributed by atoms with Crippen LogP contribution in [-0.2, 0) is 6.42 Å². The number of nitrogens with one attached hydrogen (secondary N) is 1. The van der Waals surface area contributed by atoms with Gasteiger partial charge in [-0.3, -0.25) is 4.79 Å². The maximum absolute atomic E-state index is 11.9. The van der Waals surface area contributed by atoms with E-state index in [2.05, 4.69) is 38.2 Å². The van der Waals surface area contributed by atoms with Crippen molar-refractivity contribution in [1.29, 1.82) is 0 Å². The van der Waals surface area contributed by atoms with Crippen LogP contribution in [0.2, 0.25) is 0 Å². The van der Waals surface area contributed by atoms with E-state index in [9.17, 15) is 4.79 Å². The van der Waals surface area contributed by atoms with E-state index in [-0.39, 0.29) is 5.91 Å². The van der Waals surface area contributed by atoms with Crippen LogP contribution in [0, 0.1) is 0 Å². The number of amides is 1. The topological polar surface area (TPSA) is 29.1 Å². The van der Waals surface area contributed by atoms with E-state index in [1.54, 1.807) is 0 Å². The molecule has 1 atom stereocenters. The van der Waals surface area contributed by atoms with Gasteiger partial charge in [0.1, 0.15) is 0 Å². The van der Waals surface area contributed by atoms with Gasteiger partial charge in [-0.1, -0.05) is 32.9 Å². The predicted molar refractivity (Wildman–Crippen MR) is 65.8 cm³/mol. The molecule has 1 aromatic carbocycles. The molecule has 1 N–H and O–H groups in total. The Balaban J connectivity index is 2.37. The highest BCUT2D eigenvalue weighted by Crippen LogP contribution is 2.23. The van der Waals surface area contributed by atoms with E-state index >= 15 is 0 Å².